The van der Waals surface area contributed by atoms with Crippen molar-refractivity contribution in [3.05, 3.63) is 12.4 Å². The van der Waals surface area contributed by atoms with Gasteiger partial charge in [-0.3, -0.25) is 4.90 Å². The Morgan fingerprint density at radius 2 is 1.95 bits per heavy atom. The van der Waals surface area contributed by atoms with E-state index in [2.05, 4.69) is 51.4 Å². The summed E-state index contributed by atoms with van der Waals surface area (Å²) in [5, 5.41) is 6.60. The van der Waals surface area contributed by atoms with E-state index >= 15 is 0 Å². The minimum Gasteiger partial charge on any atom is -0.370 e. The Hall–Kier alpha value is -1.40. The van der Waals surface area contributed by atoms with Crippen molar-refractivity contribution in [1.82, 2.24) is 19.8 Å². The van der Waals surface area contributed by atoms with E-state index in [0.29, 0.717) is 6.04 Å². The minimum absolute atomic E-state index is 0.524. The van der Waals surface area contributed by atoms with Crippen LogP contribution in [0.2, 0.25) is 0 Å². The Kier molecular flexibility index (Phi) is 4.93. The Bertz CT molecular complexity index is 396. The summed E-state index contributed by atoms with van der Waals surface area (Å²) >= 11 is 0. The maximum absolute atomic E-state index is 4.26. The van der Waals surface area contributed by atoms with Crippen molar-refractivity contribution in [2.75, 3.05) is 57.5 Å². The molecule has 0 saturated carbocycles. The molecule has 2 rings (SSSR count). The highest BCUT2D eigenvalue weighted by atomic mass is 15.3. The first-order valence-electron chi connectivity index (χ1n) is 6.87. The Balaban J connectivity index is 1.88. The fourth-order valence-corrected chi connectivity index (χ4v) is 2.28. The summed E-state index contributed by atoms with van der Waals surface area (Å²) in [6.45, 7) is 7.19. The van der Waals surface area contributed by atoms with E-state index < -0.39 is 0 Å². The molecule has 1 unspecified atom stereocenters. The van der Waals surface area contributed by atoms with Crippen molar-refractivity contribution in [2.45, 2.75) is 13.0 Å². The molecule has 1 atom stereocenters. The van der Waals surface area contributed by atoms with Crippen LogP contribution >= 0.6 is 0 Å². The second-order valence-corrected chi connectivity index (χ2v) is 5.10. The number of likely N-dealkylation sites (N-methyl/N-ethyl adjacent to an activating group) is 2. The summed E-state index contributed by atoms with van der Waals surface area (Å²) < 4.78 is 0. The molecular formula is C13H24N6. The van der Waals surface area contributed by atoms with Gasteiger partial charge < -0.3 is 15.5 Å². The van der Waals surface area contributed by atoms with Gasteiger partial charge in [0, 0.05) is 44.8 Å². The molecule has 0 aromatic carbocycles. The van der Waals surface area contributed by atoms with Gasteiger partial charge in [0.15, 0.2) is 0 Å². The number of piperazine rings is 1. The second-order valence-electron chi connectivity index (χ2n) is 5.10. The molecule has 1 fully saturated rings. The van der Waals surface area contributed by atoms with Crippen LogP contribution < -0.4 is 10.6 Å². The van der Waals surface area contributed by atoms with Gasteiger partial charge >= 0.3 is 0 Å². The lowest BCUT2D eigenvalue weighted by Crippen LogP contribution is -2.52. The van der Waals surface area contributed by atoms with Gasteiger partial charge in [0.05, 0.1) is 0 Å². The number of aromatic nitrogens is 2. The lowest BCUT2D eigenvalue weighted by Gasteiger charge is -2.37. The fraction of sp³-hybridized carbons (Fsp3) is 0.692. The lowest BCUT2D eigenvalue weighted by atomic mass is 10.2. The van der Waals surface area contributed by atoms with E-state index in [1.807, 2.05) is 6.07 Å². The lowest BCUT2D eigenvalue weighted by molar-refractivity contribution is 0.122. The van der Waals surface area contributed by atoms with Gasteiger partial charge in [-0.05, 0) is 21.0 Å². The van der Waals surface area contributed by atoms with Crippen LogP contribution in [0.1, 0.15) is 6.92 Å². The van der Waals surface area contributed by atoms with Crippen molar-refractivity contribution in [2.24, 2.45) is 0 Å². The summed E-state index contributed by atoms with van der Waals surface area (Å²) in [6.07, 6.45) is 1.59. The highest BCUT2D eigenvalue weighted by molar-refractivity contribution is 5.46. The van der Waals surface area contributed by atoms with Gasteiger partial charge in [-0.25, -0.2) is 9.97 Å². The smallest absolute Gasteiger partial charge is 0.131 e. The van der Waals surface area contributed by atoms with E-state index in [0.717, 1.165) is 44.4 Å². The Morgan fingerprint density at radius 3 is 2.68 bits per heavy atom. The molecule has 1 saturated heterocycles. The molecule has 1 aromatic rings. The van der Waals surface area contributed by atoms with E-state index in [1.165, 1.54) is 0 Å². The van der Waals surface area contributed by atoms with Crippen LogP contribution in [0.15, 0.2) is 12.4 Å². The highest BCUT2D eigenvalue weighted by Crippen LogP contribution is 2.10. The summed E-state index contributed by atoms with van der Waals surface area (Å²) in [7, 11) is 4.36. The number of hydrogen-bond donors (Lipinski definition) is 2. The van der Waals surface area contributed by atoms with Crippen LogP contribution in [0.3, 0.4) is 0 Å². The SMILES string of the molecule is CCNc1cc(NCC2CN(C)CCN2C)ncn1. The molecular weight excluding hydrogens is 240 g/mol. The fourth-order valence-electron chi connectivity index (χ4n) is 2.28. The van der Waals surface area contributed by atoms with Crippen LogP contribution in [-0.2, 0) is 0 Å². The molecule has 0 bridgehead atoms. The summed E-state index contributed by atoms with van der Waals surface area (Å²) in [6, 6.07) is 2.48. The predicted octanol–water partition coefficient (Wildman–Crippen LogP) is 0.566. The van der Waals surface area contributed by atoms with Crippen molar-refractivity contribution < 1.29 is 0 Å². The quantitative estimate of drug-likeness (QED) is 0.811. The van der Waals surface area contributed by atoms with Crippen molar-refractivity contribution in [3.8, 4) is 0 Å². The first-order valence-corrected chi connectivity index (χ1v) is 6.87. The van der Waals surface area contributed by atoms with E-state index in [4.69, 9.17) is 0 Å². The molecule has 6 heteroatoms. The Morgan fingerprint density at radius 1 is 1.21 bits per heavy atom. The zero-order valence-corrected chi connectivity index (χ0v) is 12.1. The number of hydrogen-bond acceptors (Lipinski definition) is 6. The van der Waals surface area contributed by atoms with Crippen LogP contribution in [-0.4, -0.2) is 72.6 Å². The molecule has 2 N–H and O–H groups in total. The predicted molar refractivity (Wildman–Crippen MR) is 78.6 cm³/mol. The summed E-state index contributed by atoms with van der Waals surface area (Å²) in [5.41, 5.74) is 0. The van der Waals surface area contributed by atoms with Gasteiger partial charge in [0.2, 0.25) is 0 Å². The van der Waals surface area contributed by atoms with Gasteiger partial charge in [-0.15, -0.1) is 0 Å². The number of anilines is 2. The first kappa shape index (κ1) is 14.0. The topological polar surface area (TPSA) is 56.3 Å². The van der Waals surface area contributed by atoms with Crippen LogP contribution in [0.5, 0.6) is 0 Å². The molecule has 0 radical (unpaired) electrons. The molecule has 106 valence electrons. The van der Waals surface area contributed by atoms with Gasteiger partial charge in [0.25, 0.3) is 0 Å². The second kappa shape index (κ2) is 6.68. The molecule has 0 amide bonds. The standard InChI is InChI=1S/C13H24N6/c1-4-14-12-7-13(17-10-16-12)15-8-11-9-18(2)5-6-19(11)3/h7,10-11H,4-6,8-9H2,1-3H3,(H2,14,15,16,17). The van der Waals surface area contributed by atoms with Gasteiger partial charge in [-0.2, -0.15) is 0 Å². The van der Waals surface area contributed by atoms with E-state index in [-0.39, 0.29) is 0 Å². The average Bonchev–Trinajstić information content (AvgIpc) is 2.41. The molecule has 19 heavy (non-hydrogen) atoms. The van der Waals surface area contributed by atoms with Crippen molar-refractivity contribution in [1.29, 1.82) is 0 Å². The molecule has 0 aliphatic carbocycles. The number of nitrogens with zero attached hydrogens (tertiary/aromatic N) is 4. The number of rotatable bonds is 5. The molecule has 6 nitrogen and oxygen atoms in total. The monoisotopic (exact) mass is 264 g/mol. The molecule has 1 aliphatic rings. The third-order valence-corrected chi connectivity index (χ3v) is 3.52. The van der Waals surface area contributed by atoms with Crippen LogP contribution in [0.25, 0.3) is 0 Å². The maximum atomic E-state index is 4.26. The minimum atomic E-state index is 0.524. The van der Waals surface area contributed by atoms with E-state index in [9.17, 15) is 0 Å². The third kappa shape index (κ3) is 4.04. The summed E-state index contributed by atoms with van der Waals surface area (Å²) in [5.74, 6) is 1.75. The van der Waals surface area contributed by atoms with Crippen molar-refractivity contribution in [3.63, 3.8) is 0 Å². The van der Waals surface area contributed by atoms with E-state index in [1.54, 1.807) is 6.33 Å². The van der Waals surface area contributed by atoms with Gasteiger partial charge in [0.1, 0.15) is 18.0 Å². The number of nitrogens with one attached hydrogen (secondary N) is 2. The van der Waals surface area contributed by atoms with Crippen molar-refractivity contribution >= 4 is 11.6 Å². The largest absolute Gasteiger partial charge is 0.370 e. The zero-order chi connectivity index (χ0) is 13.7. The molecule has 0 spiro atoms. The zero-order valence-electron chi connectivity index (χ0n) is 12.1. The molecule has 1 aliphatic heterocycles. The van der Waals surface area contributed by atoms with Gasteiger partial charge in [-0.1, -0.05) is 0 Å². The Labute approximate surface area is 115 Å². The summed E-state index contributed by atoms with van der Waals surface area (Å²) in [4.78, 5) is 13.2. The third-order valence-electron chi connectivity index (χ3n) is 3.52. The normalized spacial score (nSPS) is 21.3. The van der Waals surface area contributed by atoms with Crippen LogP contribution in [0.4, 0.5) is 11.6 Å². The highest BCUT2D eigenvalue weighted by Gasteiger charge is 2.21. The van der Waals surface area contributed by atoms with Crippen LogP contribution in [0, 0.1) is 0 Å². The average molecular weight is 264 g/mol. The first-order chi connectivity index (χ1) is 9.19. The molecule has 2 heterocycles. The maximum Gasteiger partial charge on any atom is 0.131 e. The molecule has 1 aromatic heterocycles.